The summed E-state index contributed by atoms with van der Waals surface area (Å²) in [5.41, 5.74) is 3.17. The molecule has 0 aliphatic carbocycles. The van der Waals surface area contributed by atoms with Gasteiger partial charge in [0.1, 0.15) is 0 Å². The average Bonchev–Trinajstić information content (AvgIpc) is 2.19. The smallest absolute Gasteiger partial charge is 0.307 e. The third kappa shape index (κ3) is 6.68. The van der Waals surface area contributed by atoms with E-state index >= 15 is 0 Å². The van der Waals surface area contributed by atoms with Crippen LogP contribution < -0.4 is 0 Å². The molecule has 1 aromatic carbocycles. The van der Waals surface area contributed by atoms with Crippen LogP contribution in [0.3, 0.4) is 0 Å². The Morgan fingerprint density at radius 2 is 1.72 bits per heavy atom. The van der Waals surface area contributed by atoms with Gasteiger partial charge in [0.2, 0.25) is 0 Å². The van der Waals surface area contributed by atoms with E-state index < -0.39 is 11.9 Å². The molecule has 0 aliphatic rings. The van der Waals surface area contributed by atoms with E-state index in [1.807, 2.05) is 19.1 Å². The maximum Gasteiger partial charge on any atom is 0.307 e. The fourth-order valence-corrected chi connectivity index (χ4v) is 1.40. The molecule has 0 aliphatic heterocycles. The van der Waals surface area contributed by atoms with Crippen molar-refractivity contribution >= 4 is 11.9 Å². The lowest BCUT2D eigenvalue weighted by atomic mass is 9.96. The molecular formula is C14H20O4. The summed E-state index contributed by atoms with van der Waals surface area (Å²) in [6.45, 7) is 7.24. The molecule has 2 N–H and O–H groups in total. The minimum Gasteiger partial charge on any atom is -0.481 e. The summed E-state index contributed by atoms with van der Waals surface area (Å²) < 4.78 is 0. The van der Waals surface area contributed by atoms with Gasteiger partial charge in [0.25, 0.3) is 5.97 Å². The highest BCUT2D eigenvalue weighted by Crippen LogP contribution is 2.18. The van der Waals surface area contributed by atoms with E-state index in [1.165, 1.54) is 5.56 Å². The summed E-state index contributed by atoms with van der Waals surface area (Å²) in [4.78, 5) is 19.6. The van der Waals surface area contributed by atoms with Crippen LogP contribution in [0.25, 0.3) is 0 Å². The lowest BCUT2D eigenvalue weighted by Crippen LogP contribution is -2.03. The van der Waals surface area contributed by atoms with Crippen molar-refractivity contribution in [2.45, 2.75) is 40.0 Å². The molecule has 0 spiro atoms. The molecule has 100 valence electrons. The molecule has 0 saturated carbocycles. The van der Waals surface area contributed by atoms with Gasteiger partial charge in [-0.05, 0) is 29.5 Å². The second-order valence-electron chi connectivity index (χ2n) is 4.43. The van der Waals surface area contributed by atoms with E-state index in [2.05, 4.69) is 19.9 Å². The lowest BCUT2D eigenvalue weighted by molar-refractivity contribution is -0.136. The molecule has 0 bridgehead atoms. The van der Waals surface area contributed by atoms with Gasteiger partial charge >= 0.3 is 5.97 Å². The standard InChI is InChI=1S/C12H16O2.C2H4O2/c1-8(2)10-5-4-9(3)11(6-10)7-12(13)14;1-2(3)4/h4-6,8H,7H2,1-3H3,(H,13,14);1H3,(H,3,4). The van der Waals surface area contributed by atoms with Gasteiger partial charge in [-0.2, -0.15) is 0 Å². The number of benzene rings is 1. The number of rotatable bonds is 3. The predicted molar refractivity (Wildman–Crippen MR) is 69.9 cm³/mol. The molecule has 0 heterocycles. The first-order valence-electron chi connectivity index (χ1n) is 5.74. The summed E-state index contributed by atoms with van der Waals surface area (Å²) in [6, 6.07) is 6.05. The Balaban J connectivity index is 0.000000631. The molecule has 1 rings (SSSR count). The Labute approximate surface area is 107 Å². The van der Waals surface area contributed by atoms with Gasteiger partial charge in [0, 0.05) is 6.92 Å². The molecular weight excluding hydrogens is 232 g/mol. The van der Waals surface area contributed by atoms with Crippen molar-refractivity contribution in [3.8, 4) is 0 Å². The highest BCUT2D eigenvalue weighted by Gasteiger charge is 2.06. The second kappa shape index (κ2) is 7.48. The second-order valence-corrected chi connectivity index (χ2v) is 4.43. The van der Waals surface area contributed by atoms with Gasteiger partial charge in [0.05, 0.1) is 6.42 Å². The fourth-order valence-electron chi connectivity index (χ4n) is 1.40. The topological polar surface area (TPSA) is 74.6 Å². The zero-order valence-electron chi connectivity index (χ0n) is 11.2. The average molecular weight is 252 g/mol. The molecule has 0 atom stereocenters. The number of carbonyl (C=O) groups is 2. The maximum atomic E-state index is 10.6. The van der Waals surface area contributed by atoms with Crippen LogP contribution in [0.15, 0.2) is 18.2 Å². The van der Waals surface area contributed by atoms with Crippen molar-refractivity contribution in [2.75, 3.05) is 0 Å². The number of aryl methyl sites for hydroxylation is 1. The molecule has 0 unspecified atom stereocenters. The zero-order chi connectivity index (χ0) is 14.3. The van der Waals surface area contributed by atoms with Crippen molar-refractivity contribution < 1.29 is 19.8 Å². The van der Waals surface area contributed by atoms with Gasteiger partial charge < -0.3 is 10.2 Å². The van der Waals surface area contributed by atoms with Crippen LogP contribution in [0.2, 0.25) is 0 Å². The van der Waals surface area contributed by atoms with E-state index in [1.54, 1.807) is 0 Å². The van der Waals surface area contributed by atoms with Gasteiger partial charge in [-0.3, -0.25) is 9.59 Å². The molecule has 0 radical (unpaired) electrons. The van der Waals surface area contributed by atoms with Gasteiger partial charge in [-0.25, -0.2) is 0 Å². The quantitative estimate of drug-likeness (QED) is 0.867. The van der Waals surface area contributed by atoms with Crippen LogP contribution in [0.5, 0.6) is 0 Å². The lowest BCUT2D eigenvalue weighted by Gasteiger charge is -2.09. The Kier molecular flexibility index (Phi) is 6.71. The molecule has 4 heteroatoms. The number of carboxylic acid groups (broad SMARTS) is 2. The van der Waals surface area contributed by atoms with E-state index in [4.69, 9.17) is 15.0 Å². The van der Waals surface area contributed by atoms with Crippen LogP contribution >= 0.6 is 0 Å². The molecule has 0 fully saturated rings. The molecule has 4 nitrogen and oxygen atoms in total. The van der Waals surface area contributed by atoms with Crippen LogP contribution in [0.4, 0.5) is 0 Å². The van der Waals surface area contributed by atoms with Crippen LogP contribution in [-0.2, 0) is 16.0 Å². The van der Waals surface area contributed by atoms with Crippen LogP contribution in [0.1, 0.15) is 43.4 Å². The first kappa shape index (κ1) is 16.2. The SMILES string of the molecule is CC(=O)O.Cc1ccc(C(C)C)cc1CC(=O)O. The van der Waals surface area contributed by atoms with Crippen molar-refractivity contribution in [3.05, 3.63) is 34.9 Å². The Morgan fingerprint density at radius 1 is 1.22 bits per heavy atom. The first-order chi connectivity index (χ1) is 8.23. The van der Waals surface area contributed by atoms with E-state index in [-0.39, 0.29) is 6.42 Å². The highest BCUT2D eigenvalue weighted by atomic mass is 16.4. The minimum absolute atomic E-state index is 0.117. The summed E-state index contributed by atoms with van der Waals surface area (Å²) >= 11 is 0. The molecule has 18 heavy (non-hydrogen) atoms. The van der Waals surface area contributed by atoms with E-state index in [9.17, 15) is 4.79 Å². The number of aliphatic carboxylic acids is 2. The fraction of sp³-hybridized carbons (Fsp3) is 0.429. The highest BCUT2D eigenvalue weighted by molar-refractivity contribution is 5.70. The summed E-state index contributed by atoms with van der Waals surface area (Å²) in [7, 11) is 0. The van der Waals surface area contributed by atoms with Crippen molar-refractivity contribution in [1.29, 1.82) is 0 Å². The third-order valence-corrected chi connectivity index (χ3v) is 2.38. The number of hydrogen-bond acceptors (Lipinski definition) is 2. The monoisotopic (exact) mass is 252 g/mol. The zero-order valence-corrected chi connectivity index (χ0v) is 11.2. The van der Waals surface area contributed by atoms with Crippen molar-refractivity contribution in [3.63, 3.8) is 0 Å². The summed E-state index contributed by atoms with van der Waals surface area (Å²) in [6.07, 6.45) is 0.117. The molecule has 0 saturated heterocycles. The number of carboxylic acids is 2. The minimum atomic E-state index is -0.833. The van der Waals surface area contributed by atoms with Gasteiger partial charge in [0.15, 0.2) is 0 Å². The largest absolute Gasteiger partial charge is 0.481 e. The van der Waals surface area contributed by atoms with Crippen molar-refractivity contribution in [1.82, 2.24) is 0 Å². The third-order valence-electron chi connectivity index (χ3n) is 2.38. The normalized spacial score (nSPS) is 9.61. The maximum absolute atomic E-state index is 10.6. The molecule has 0 aromatic heterocycles. The van der Waals surface area contributed by atoms with Gasteiger partial charge in [-0.15, -0.1) is 0 Å². The summed E-state index contributed by atoms with van der Waals surface area (Å²) in [5, 5.41) is 16.1. The van der Waals surface area contributed by atoms with Gasteiger partial charge in [-0.1, -0.05) is 32.0 Å². The van der Waals surface area contributed by atoms with E-state index in [0.29, 0.717) is 5.92 Å². The summed E-state index contributed by atoms with van der Waals surface area (Å²) in [5.74, 6) is -1.16. The Hall–Kier alpha value is -1.84. The van der Waals surface area contributed by atoms with Crippen LogP contribution in [0, 0.1) is 6.92 Å². The Morgan fingerprint density at radius 3 is 2.11 bits per heavy atom. The predicted octanol–water partition coefficient (Wildman–Crippen LogP) is 2.84. The van der Waals surface area contributed by atoms with Crippen molar-refractivity contribution in [2.24, 2.45) is 0 Å². The number of hydrogen-bond donors (Lipinski definition) is 2. The van der Waals surface area contributed by atoms with E-state index in [0.717, 1.165) is 18.1 Å². The molecule has 0 amide bonds. The van der Waals surface area contributed by atoms with Crippen LogP contribution in [-0.4, -0.2) is 22.2 Å². The molecule has 1 aromatic rings. The Bertz CT molecular complexity index is 418. The first-order valence-corrected chi connectivity index (χ1v) is 5.74.